The average molecular weight is 406 g/mol. The molecule has 0 bridgehead atoms. The number of pyridine rings is 1. The Morgan fingerprint density at radius 2 is 1.58 bits per heavy atom. The van der Waals surface area contributed by atoms with Gasteiger partial charge in [0.25, 0.3) is 0 Å². The topological polar surface area (TPSA) is 55.1 Å². The molecular weight excluding hydrogens is 390 g/mol. The van der Waals surface area contributed by atoms with Crippen molar-refractivity contribution in [1.29, 1.82) is 0 Å². The summed E-state index contributed by atoms with van der Waals surface area (Å²) in [6, 6.07) is 17.8. The van der Waals surface area contributed by atoms with Crippen LogP contribution in [-0.4, -0.2) is 20.5 Å². The second-order valence-corrected chi connectivity index (χ2v) is 7.43. The van der Waals surface area contributed by atoms with Crippen molar-refractivity contribution in [2.45, 2.75) is 11.4 Å². The molecule has 0 aliphatic carbocycles. The fourth-order valence-electron chi connectivity index (χ4n) is 2.49. The zero-order valence-electron chi connectivity index (χ0n) is 13.0. The average Bonchev–Trinajstić information content (AvgIpc) is 2.54. The molecule has 0 radical (unpaired) electrons. The predicted octanol–water partition coefficient (Wildman–Crippen LogP) is -0.582. The smallest absolute Gasteiger partial charge is 0.227 e. The summed E-state index contributed by atoms with van der Waals surface area (Å²) in [5.41, 5.74) is 1.48. The highest BCUT2D eigenvalue weighted by Gasteiger charge is 2.16. The number of carbonyl (C=O) groups is 1. The SMILES string of the molecule is CS(=O)(=O)c1ccc(C(=O)C[n+]2cccc3ccccc32)cc1.[Br-]. The monoisotopic (exact) mass is 405 g/mol. The van der Waals surface area contributed by atoms with E-state index in [4.69, 9.17) is 0 Å². The summed E-state index contributed by atoms with van der Waals surface area (Å²) < 4.78 is 24.8. The van der Waals surface area contributed by atoms with Crippen molar-refractivity contribution in [2.24, 2.45) is 0 Å². The Labute approximate surface area is 151 Å². The number of para-hydroxylation sites is 1. The van der Waals surface area contributed by atoms with E-state index >= 15 is 0 Å². The number of hydrogen-bond donors (Lipinski definition) is 0. The summed E-state index contributed by atoms with van der Waals surface area (Å²) in [6.45, 7) is 0.208. The Kier molecular flexibility index (Phi) is 5.51. The maximum atomic E-state index is 12.4. The summed E-state index contributed by atoms with van der Waals surface area (Å²) in [4.78, 5) is 12.7. The third-order valence-electron chi connectivity index (χ3n) is 3.71. The highest BCUT2D eigenvalue weighted by molar-refractivity contribution is 7.90. The highest BCUT2D eigenvalue weighted by Crippen LogP contribution is 2.12. The standard InChI is InChI=1S/C18H16NO3S.BrH/c1-23(21,22)16-10-8-15(9-11-16)18(20)13-19-12-4-6-14-5-2-3-7-17(14)19;/h2-12H,13H2,1H3;1H/q+1;/p-1. The number of rotatable bonds is 4. The first kappa shape index (κ1) is 18.3. The molecule has 3 rings (SSSR count). The van der Waals surface area contributed by atoms with Gasteiger partial charge in [-0.25, -0.2) is 8.42 Å². The van der Waals surface area contributed by atoms with Crippen LogP contribution in [0.15, 0.2) is 71.8 Å². The van der Waals surface area contributed by atoms with E-state index in [9.17, 15) is 13.2 Å². The Morgan fingerprint density at radius 1 is 0.958 bits per heavy atom. The Bertz CT molecular complexity index is 977. The van der Waals surface area contributed by atoms with Crippen LogP contribution in [0.5, 0.6) is 0 Å². The van der Waals surface area contributed by atoms with Crippen molar-refractivity contribution in [1.82, 2.24) is 0 Å². The number of fused-ring (bicyclic) bond motifs is 1. The molecule has 0 saturated heterocycles. The van der Waals surface area contributed by atoms with Gasteiger partial charge in [-0.05, 0) is 36.4 Å². The zero-order chi connectivity index (χ0) is 16.4. The van der Waals surface area contributed by atoms with Crippen LogP contribution < -0.4 is 21.5 Å². The van der Waals surface area contributed by atoms with Crippen LogP contribution in [0.1, 0.15) is 10.4 Å². The summed E-state index contributed by atoms with van der Waals surface area (Å²) in [7, 11) is -3.25. The molecule has 24 heavy (non-hydrogen) atoms. The second-order valence-electron chi connectivity index (χ2n) is 5.41. The van der Waals surface area contributed by atoms with E-state index in [1.165, 1.54) is 12.1 Å². The lowest BCUT2D eigenvalue weighted by molar-refractivity contribution is -0.657. The van der Waals surface area contributed by atoms with Crippen molar-refractivity contribution >= 4 is 26.5 Å². The molecule has 0 atom stereocenters. The molecule has 0 aliphatic rings. The van der Waals surface area contributed by atoms with Crippen molar-refractivity contribution in [3.05, 3.63) is 72.4 Å². The Hall–Kier alpha value is -2.05. The largest absolute Gasteiger partial charge is 1.00 e. The van der Waals surface area contributed by atoms with E-state index in [0.717, 1.165) is 17.2 Å². The van der Waals surface area contributed by atoms with Gasteiger partial charge < -0.3 is 17.0 Å². The molecule has 0 fully saturated rings. The zero-order valence-corrected chi connectivity index (χ0v) is 15.4. The van der Waals surface area contributed by atoms with Crippen LogP contribution in [-0.2, 0) is 16.4 Å². The Morgan fingerprint density at radius 3 is 2.25 bits per heavy atom. The summed E-state index contributed by atoms with van der Waals surface area (Å²) in [5, 5.41) is 1.07. The number of ketones is 1. The first-order valence-electron chi connectivity index (χ1n) is 7.16. The van der Waals surface area contributed by atoms with Gasteiger partial charge in [-0.2, -0.15) is 4.57 Å². The van der Waals surface area contributed by atoms with E-state index < -0.39 is 9.84 Å². The molecule has 1 heterocycles. The molecular formula is C18H16BrNO3S. The fourth-order valence-corrected chi connectivity index (χ4v) is 3.12. The first-order valence-corrected chi connectivity index (χ1v) is 9.05. The molecule has 6 heteroatoms. The van der Waals surface area contributed by atoms with E-state index in [-0.39, 0.29) is 34.2 Å². The third kappa shape index (κ3) is 3.88. The number of Topliss-reactive ketones (excluding diaryl/α,β-unsaturated/α-hetero) is 1. The van der Waals surface area contributed by atoms with Gasteiger partial charge in [-0.1, -0.05) is 12.1 Å². The molecule has 0 amide bonds. The molecule has 0 N–H and O–H groups in total. The minimum atomic E-state index is -3.25. The molecule has 0 unspecified atom stereocenters. The highest BCUT2D eigenvalue weighted by atomic mass is 79.9. The molecule has 124 valence electrons. The first-order chi connectivity index (χ1) is 10.9. The minimum absolute atomic E-state index is 0. The molecule has 4 nitrogen and oxygen atoms in total. The quantitative estimate of drug-likeness (QED) is 0.431. The maximum absolute atomic E-state index is 12.4. The number of carbonyl (C=O) groups excluding carboxylic acids is 1. The fraction of sp³-hybridized carbons (Fsp3) is 0.111. The van der Waals surface area contributed by atoms with Gasteiger partial charge in [0.05, 0.1) is 4.90 Å². The number of halogens is 1. The van der Waals surface area contributed by atoms with Crippen LogP contribution in [0.25, 0.3) is 10.9 Å². The third-order valence-corrected chi connectivity index (χ3v) is 4.83. The Balaban J connectivity index is 0.00000208. The normalized spacial score (nSPS) is 11.0. The molecule has 0 saturated carbocycles. The molecule has 1 aromatic heterocycles. The van der Waals surface area contributed by atoms with Crippen molar-refractivity contribution in [2.75, 3.05) is 6.26 Å². The lowest BCUT2D eigenvalue weighted by atomic mass is 10.1. The van der Waals surface area contributed by atoms with Gasteiger partial charge in [0.15, 0.2) is 16.0 Å². The van der Waals surface area contributed by atoms with Crippen molar-refractivity contribution in [3.8, 4) is 0 Å². The van der Waals surface area contributed by atoms with Crippen LogP contribution in [0.3, 0.4) is 0 Å². The number of sulfone groups is 1. The van der Waals surface area contributed by atoms with Crippen molar-refractivity contribution in [3.63, 3.8) is 0 Å². The van der Waals surface area contributed by atoms with Gasteiger partial charge >= 0.3 is 0 Å². The van der Waals surface area contributed by atoms with Gasteiger partial charge in [-0.3, -0.25) is 4.79 Å². The molecule has 0 aliphatic heterocycles. The minimum Gasteiger partial charge on any atom is -1.00 e. The van der Waals surface area contributed by atoms with Gasteiger partial charge in [0.2, 0.25) is 17.8 Å². The number of nitrogens with zero attached hydrogens (tertiary/aromatic N) is 1. The van der Waals surface area contributed by atoms with Crippen LogP contribution in [0.4, 0.5) is 0 Å². The molecule has 3 aromatic rings. The number of hydrogen-bond acceptors (Lipinski definition) is 3. The maximum Gasteiger partial charge on any atom is 0.227 e. The number of aromatic nitrogens is 1. The predicted molar refractivity (Wildman–Crippen MR) is 88.0 cm³/mol. The summed E-state index contributed by atoms with van der Waals surface area (Å²) >= 11 is 0. The van der Waals surface area contributed by atoms with E-state index in [1.807, 2.05) is 47.2 Å². The van der Waals surface area contributed by atoms with E-state index in [0.29, 0.717) is 5.56 Å². The second kappa shape index (κ2) is 7.23. The molecule has 2 aromatic carbocycles. The van der Waals surface area contributed by atoms with Gasteiger partial charge in [0, 0.05) is 29.3 Å². The van der Waals surface area contributed by atoms with Crippen LogP contribution >= 0.6 is 0 Å². The van der Waals surface area contributed by atoms with Gasteiger partial charge in [0.1, 0.15) is 0 Å². The van der Waals surface area contributed by atoms with Crippen LogP contribution in [0.2, 0.25) is 0 Å². The number of benzene rings is 2. The van der Waals surface area contributed by atoms with E-state index in [1.54, 1.807) is 12.1 Å². The lowest BCUT2D eigenvalue weighted by Crippen LogP contribution is -3.00. The van der Waals surface area contributed by atoms with Crippen LogP contribution in [0, 0.1) is 0 Å². The summed E-state index contributed by atoms with van der Waals surface area (Å²) in [6.07, 6.45) is 3.01. The molecule has 0 spiro atoms. The van der Waals surface area contributed by atoms with E-state index in [2.05, 4.69) is 0 Å². The van der Waals surface area contributed by atoms with Gasteiger partial charge in [-0.15, -0.1) is 0 Å². The summed E-state index contributed by atoms with van der Waals surface area (Å²) in [5.74, 6) is -0.0635. The van der Waals surface area contributed by atoms with Crippen molar-refractivity contribution < 1.29 is 34.8 Å². The lowest BCUT2D eigenvalue weighted by Gasteiger charge is -2.03.